The molecule has 18 heavy (non-hydrogen) atoms. The number of hydrogen-bond donors (Lipinski definition) is 0. The van der Waals surface area contributed by atoms with Gasteiger partial charge in [-0.2, -0.15) is 0 Å². The summed E-state index contributed by atoms with van der Waals surface area (Å²) in [6.45, 7) is 6.40. The summed E-state index contributed by atoms with van der Waals surface area (Å²) < 4.78 is 5.12. The van der Waals surface area contributed by atoms with Crippen LogP contribution in [0.4, 0.5) is 0 Å². The van der Waals surface area contributed by atoms with Gasteiger partial charge in [0.25, 0.3) is 0 Å². The number of benzene rings is 1. The van der Waals surface area contributed by atoms with Crippen LogP contribution in [0.5, 0.6) is 5.75 Å². The predicted molar refractivity (Wildman–Crippen MR) is 74.5 cm³/mol. The Morgan fingerprint density at radius 2 is 2.11 bits per heavy atom. The van der Waals surface area contributed by atoms with Crippen molar-refractivity contribution in [3.63, 3.8) is 0 Å². The van der Waals surface area contributed by atoms with Crippen molar-refractivity contribution in [2.45, 2.75) is 27.2 Å². The molecule has 0 aliphatic carbocycles. The summed E-state index contributed by atoms with van der Waals surface area (Å²) in [5.41, 5.74) is 0.973. The Morgan fingerprint density at radius 1 is 1.39 bits per heavy atom. The molecular weight excluding hydrogens is 226 g/mol. The summed E-state index contributed by atoms with van der Waals surface area (Å²) >= 11 is 0. The smallest absolute Gasteiger partial charge is 0.154 e. The maximum atomic E-state index is 11.6. The van der Waals surface area contributed by atoms with E-state index in [2.05, 4.69) is 25.8 Å². The Bertz CT molecular complexity index is 430. The predicted octanol–water partition coefficient (Wildman–Crippen LogP) is 3.12. The van der Waals surface area contributed by atoms with E-state index in [0.717, 1.165) is 11.3 Å². The van der Waals surface area contributed by atoms with Gasteiger partial charge in [0.1, 0.15) is 5.75 Å². The van der Waals surface area contributed by atoms with Gasteiger partial charge in [0, 0.05) is 12.6 Å². The minimum Gasteiger partial charge on any atom is -0.497 e. The summed E-state index contributed by atoms with van der Waals surface area (Å²) in [5.74, 6) is 0.960. The van der Waals surface area contributed by atoms with Gasteiger partial charge in [0.2, 0.25) is 0 Å². The minimum atomic E-state index is 0.0303. The van der Waals surface area contributed by atoms with E-state index in [0.29, 0.717) is 6.42 Å². The summed E-state index contributed by atoms with van der Waals surface area (Å²) in [7, 11) is 1.63. The molecule has 0 atom stereocenters. The van der Waals surface area contributed by atoms with Crippen LogP contribution in [0.1, 0.15) is 32.8 Å². The molecule has 3 heteroatoms. The molecule has 0 N–H and O–H groups in total. The monoisotopic (exact) mass is 247 g/mol. The van der Waals surface area contributed by atoms with Crippen molar-refractivity contribution < 1.29 is 9.53 Å². The van der Waals surface area contributed by atoms with Crippen molar-refractivity contribution in [3.05, 3.63) is 29.8 Å². The standard InChI is InChI=1S/C15H21NO2/c1-15(2,3)9-13(17)11-16-10-12-6-5-7-14(8-12)18-4/h5-8,10H,9,11H2,1-4H3. The van der Waals surface area contributed by atoms with Gasteiger partial charge in [0.15, 0.2) is 5.78 Å². The second-order valence-corrected chi connectivity index (χ2v) is 5.52. The zero-order valence-corrected chi connectivity index (χ0v) is 11.6. The second-order valence-electron chi connectivity index (χ2n) is 5.52. The number of hydrogen-bond acceptors (Lipinski definition) is 3. The van der Waals surface area contributed by atoms with E-state index in [9.17, 15) is 4.79 Å². The molecule has 1 aromatic carbocycles. The molecule has 0 bridgehead atoms. The number of carbonyl (C=O) groups excluding carboxylic acids is 1. The molecule has 1 aromatic rings. The number of ether oxygens (including phenoxy) is 1. The average molecular weight is 247 g/mol. The largest absolute Gasteiger partial charge is 0.497 e. The molecule has 0 amide bonds. The van der Waals surface area contributed by atoms with Crippen LogP contribution < -0.4 is 4.74 Å². The molecule has 0 fully saturated rings. The minimum absolute atomic E-state index is 0.0303. The molecule has 0 unspecified atom stereocenters. The number of carbonyl (C=O) groups is 1. The van der Waals surface area contributed by atoms with Crippen molar-refractivity contribution in [1.29, 1.82) is 0 Å². The van der Waals surface area contributed by atoms with Gasteiger partial charge in [-0.15, -0.1) is 0 Å². The van der Waals surface area contributed by atoms with Crippen molar-refractivity contribution >= 4 is 12.0 Å². The van der Waals surface area contributed by atoms with E-state index in [1.165, 1.54) is 0 Å². The SMILES string of the molecule is COc1cccc(C=NCC(=O)CC(C)(C)C)c1. The summed E-state index contributed by atoms with van der Waals surface area (Å²) in [4.78, 5) is 15.8. The molecule has 3 nitrogen and oxygen atoms in total. The van der Waals surface area contributed by atoms with Crippen molar-refractivity contribution in [2.75, 3.05) is 13.7 Å². The van der Waals surface area contributed by atoms with Crippen LogP contribution in [0, 0.1) is 5.41 Å². The summed E-state index contributed by atoms with van der Waals surface area (Å²) in [5, 5.41) is 0. The number of rotatable bonds is 5. The van der Waals surface area contributed by atoms with Gasteiger partial charge in [-0.3, -0.25) is 9.79 Å². The first-order chi connectivity index (χ1) is 8.40. The van der Waals surface area contributed by atoms with Gasteiger partial charge in [-0.25, -0.2) is 0 Å². The number of ketones is 1. The quantitative estimate of drug-likeness (QED) is 0.750. The Kier molecular flexibility index (Phi) is 5.08. The lowest BCUT2D eigenvalue weighted by atomic mass is 9.90. The molecule has 0 heterocycles. The molecule has 0 aromatic heterocycles. The summed E-state index contributed by atoms with van der Waals surface area (Å²) in [6, 6.07) is 7.59. The highest BCUT2D eigenvalue weighted by Gasteiger charge is 2.14. The fourth-order valence-electron chi connectivity index (χ4n) is 1.62. The van der Waals surface area contributed by atoms with Crippen LogP contribution >= 0.6 is 0 Å². The molecule has 0 spiro atoms. The Labute approximate surface area is 109 Å². The van der Waals surface area contributed by atoms with Gasteiger partial charge in [0.05, 0.1) is 13.7 Å². The lowest BCUT2D eigenvalue weighted by Crippen LogP contribution is -2.14. The number of aliphatic imine (C=N–C) groups is 1. The van der Waals surface area contributed by atoms with E-state index in [-0.39, 0.29) is 17.7 Å². The lowest BCUT2D eigenvalue weighted by Gasteiger charge is -2.15. The maximum absolute atomic E-state index is 11.6. The first-order valence-corrected chi connectivity index (χ1v) is 6.06. The first-order valence-electron chi connectivity index (χ1n) is 6.06. The average Bonchev–Trinajstić information content (AvgIpc) is 2.27. The number of nitrogens with zero attached hydrogens (tertiary/aromatic N) is 1. The van der Waals surface area contributed by atoms with Crippen molar-refractivity contribution in [1.82, 2.24) is 0 Å². The maximum Gasteiger partial charge on any atom is 0.154 e. The van der Waals surface area contributed by atoms with Crippen LogP contribution in [0.15, 0.2) is 29.3 Å². The van der Waals surface area contributed by atoms with E-state index >= 15 is 0 Å². The molecule has 0 radical (unpaired) electrons. The van der Waals surface area contributed by atoms with Gasteiger partial charge in [-0.1, -0.05) is 32.9 Å². The second kappa shape index (κ2) is 6.34. The fraction of sp³-hybridized carbons (Fsp3) is 0.467. The summed E-state index contributed by atoms with van der Waals surface area (Å²) in [6.07, 6.45) is 2.27. The van der Waals surface area contributed by atoms with Crippen molar-refractivity contribution in [2.24, 2.45) is 10.4 Å². The van der Waals surface area contributed by atoms with E-state index in [1.807, 2.05) is 24.3 Å². The number of methoxy groups -OCH3 is 1. The molecule has 0 saturated carbocycles. The third-order valence-corrected chi connectivity index (χ3v) is 2.33. The Balaban J connectivity index is 2.52. The van der Waals surface area contributed by atoms with E-state index < -0.39 is 0 Å². The molecular formula is C15H21NO2. The molecule has 0 saturated heterocycles. The highest BCUT2D eigenvalue weighted by atomic mass is 16.5. The van der Waals surface area contributed by atoms with Crippen LogP contribution in [0.3, 0.4) is 0 Å². The molecule has 1 rings (SSSR count). The van der Waals surface area contributed by atoms with Crippen LogP contribution in [0.25, 0.3) is 0 Å². The third kappa shape index (κ3) is 5.62. The Hall–Kier alpha value is -1.64. The topological polar surface area (TPSA) is 38.7 Å². The van der Waals surface area contributed by atoms with Crippen LogP contribution in [-0.4, -0.2) is 25.7 Å². The number of Topliss-reactive ketones (excluding diaryl/α,β-unsaturated/α-hetero) is 1. The third-order valence-electron chi connectivity index (χ3n) is 2.33. The normalized spacial score (nSPS) is 11.8. The first kappa shape index (κ1) is 14.4. The highest BCUT2D eigenvalue weighted by molar-refractivity contribution is 5.85. The van der Waals surface area contributed by atoms with Gasteiger partial charge >= 0.3 is 0 Å². The van der Waals surface area contributed by atoms with E-state index in [4.69, 9.17) is 4.74 Å². The lowest BCUT2D eigenvalue weighted by molar-refractivity contribution is -0.119. The molecule has 98 valence electrons. The van der Waals surface area contributed by atoms with Crippen molar-refractivity contribution in [3.8, 4) is 5.75 Å². The van der Waals surface area contributed by atoms with Crippen LogP contribution in [0.2, 0.25) is 0 Å². The molecule has 0 aliphatic heterocycles. The van der Waals surface area contributed by atoms with Gasteiger partial charge in [-0.05, 0) is 23.1 Å². The van der Waals surface area contributed by atoms with Crippen LogP contribution in [-0.2, 0) is 4.79 Å². The zero-order chi connectivity index (χ0) is 13.6. The molecule has 0 aliphatic rings. The highest BCUT2D eigenvalue weighted by Crippen LogP contribution is 2.18. The Morgan fingerprint density at radius 3 is 2.72 bits per heavy atom. The van der Waals surface area contributed by atoms with Gasteiger partial charge < -0.3 is 4.74 Å². The van der Waals surface area contributed by atoms with E-state index in [1.54, 1.807) is 13.3 Å². The zero-order valence-electron chi connectivity index (χ0n) is 11.6. The fourth-order valence-corrected chi connectivity index (χ4v) is 1.62.